The van der Waals surface area contributed by atoms with Gasteiger partial charge in [0.25, 0.3) is 0 Å². The summed E-state index contributed by atoms with van der Waals surface area (Å²) in [5.74, 6) is -0.0560. The fraction of sp³-hybridized carbons (Fsp3) is 0.905. The van der Waals surface area contributed by atoms with Crippen LogP contribution < -0.4 is 5.32 Å². The van der Waals surface area contributed by atoms with Gasteiger partial charge in [0.05, 0.1) is 25.4 Å². The van der Waals surface area contributed by atoms with Crippen LogP contribution in [0.15, 0.2) is 24.3 Å². The first-order chi connectivity index (χ1) is 34.0. The molecule has 0 fully saturated rings. The average Bonchev–Trinajstić information content (AvgIpc) is 3.35. The van der Waals surface area contributed by atoms with E-state index < -0.39 is 12.1 Å². The molecule has 0 bridgehead atoms. The molecule has 0 aromatic rings. The Bertz CT molecular complexity index is 1080. The van der Waals surface area contributed by atoms with Crippen molar-refractivity contribution in [1.29, 1.82) is 0 Å². The van der Waals surface area contributed by atoms with Crippen LogP contribution in [-0.4, -0.2) is 47.4 Å². The maximum atomic E-state index is 12.4. The standard InChI is InChI=1S/C63H121NO5/c1-3-5-7-9-11-13-15-36-39-43-47-51-55-61(66)60(59-65)64-62(67)56-52-48-44-40-37-33-31-29-27-25-23-21-19-17-16-18-20-22-24-26-28-30-32-34-38-42-46-50-54-58-69-63(68)57-53-49-45-41-35-14-12-10-8-6-4-2/h10,12,51,55,60-61,65-66H,3-9,11,13-50,52-54,56-59H2,1-2H3,(H,64,67)/b12-10-,55-51+. The van der Waals surface area contributed by atoms with Gasteiger partial charge in [-0.25, -0.2) is 0 Å². The molecule has 0 radical (unpaired) electrons. The van der Waals surface area contributed by atoms with Gasteiger partial charge in [-0.05, 0) is 51.4 Å². The van der Waals surface area contributed by atoms with Crippen molar-refractivity contribution in [2.45, 2.75) is 353 Å². The van der Waals surface area contributed by atoms with Gasteiger partial charge in [-0.1, -0.05) is 301 Å². The Morgan fingerprint density at radius 3 is 1.07 bits per heavy atom. The molecule has 0 saturated carbocycles. The van der Waals surface area contributed by atoms with Crippen LogP contribution >= 0.6 is 0 Å². The first kappa shape index (κ1) is 67.3. The van der Waals surface area contributed by atoms with Gasteiger partial charge in [0.15, 0.2) is 0 Å². The Kier molecular flexibility index (Phi) is 57.5. The van der Waals surface area contributed by atoms with Crippen molar-refractivity contribution in [3.63, 3.8) is 0 Å². The molecule has 6 nitrogen and oxygen atoms in total. The van der Waals surface area contributed by atoms with Gasteiger partial charge in [0.2, 0.25) is 5.91 Å². The molecule has 1 amide bonds. The molecule has 2 unspecified atom stereocenters. The zero-order valence-electron chi connectivity index (χ0n) is 46.6. The highest BCUT2D eigenvalue weighted by Gasteiger charge is 2.18. The quantitative estimate of drug-likeness (QED) is 0.0321. The Balaban J connectivity index is 3.34. The molecule has 0 aliphatic heterocycles. The fourth-order valence-corrected chi connectivity index (χ4v) is 9.68. The van der Waals surface area contributed by atoms with E-state index in [4.69, 9.17) is 4.74 Å². The maximum absolute atomic E-state index is 12.4. The van der Waals surface area contributed by atoms with Gasteiger partial charge in [-0.2, -0.15) is 0 Å². The number of aliphatic hydroxyl groups excluding tert-OH is 2. The smallest absolute Gasteiger partial charge is 0.305 e. The lowest BCUT2D eigenvalue weighted by atomic mass is 10.0. The predicted molar refractivity (Wildman–Crippen MR) is 301 cm³/mol. The van der Waals surface area contributed by atoms with E-state index in [9.17, 15) is 19.8 Å². The molecule has 0 aromatic heterocycles. The number of unbranched alkanes of at least 4 members (excludes halogenated alkanes) is 45. The number of amides is 1. The lowest BCUT2D eigenvalue weighted by Gasteiger charge is -2.20. The second kappa shape index (κ2) is 58.9. The molecule has 0 aliphatic carbocycles. The Labute approximate surface area is 431 Å². The SMILES string of the molecule is CCCC/C=C\CCCCCCCC(=O)OCCCCCCCCCCCCCCCCCCCCCCCCCCCCCCCC(=O)NC(CO)C(O)/C=C/CCCCCCCCCCCC. The van der Waals surface area contributed by atoms with Crippen molar-refractivity contribution in [3.8, 4) is 0 Å². The summed E-state index contributed by atoms with van der Waals surface area (Å²) in [5.41, 5.74) is 0. The summed E-state index contributed by atoms with van der Waals surface area (Å²) in [6.07, 6.45) is 72.4. The van der Waals surface area contributed by atoms with Gasteiger partial charge < -0.3 is 20.3 Å². The third-order valence-corrected chi connectivity index (χ3v) is 14.5. The van der Waals surface area contributed by atoms with Crippen molar-refractivity contribution >= 4 is 11.9 Å². The highest BCUT2D eigenvalue weighted by Crippen LogP contribution is 2.18. The minimum atomic E-state index is -0.840. The number of hydrogen-bond acceptors (Lipinski definition) is 5. The molecule has 0 rings (SSSR count). The Morgan fingerprint density at radius 1 is 0.391 bits per heavy atom. The van der Waals surface area contributed by atoms with Crippen molar-refractivity contribution in [2.75, 3.05) is 13.2 Å². The average molecular weight is 973 g/mol. The van der Waals surface area contributed by atoms with E-state index in [0.717, 1.165) is 44.9 Å². The molecule has 3 N–H and O–H groups in total. The van der Waals surface area contributed by atoms with E-state index in [0.29, 0.717) is 19.4 Å². The number of carbonyl (C=O) groups is 2. The van der Waals surface area contributed by atoms with E-state index in [2.05, 4.69) is 31.3 Å². The highest BCUT2D eigenvalue weighted by atomic mass is 16.5. The minimum absolute atomic E-state index is 0.00805. The van der Waals surface area contributed by atoms with Crippen LogP contribution in [0.2, 0.25) is 0 Å². The molecule has 0 aromatic carbocycles. The fourth-order valence-electron chi connectivity index (χ4n) is 9.68. The zero-order chi connectivity index (χ0) is 50.0. The number of carbonyl (C=O) groups excluding carboxylic acids is 2. The van der Waals surface area contributed by atoms with Crippen molar-refractivity contribution < 1.29 is 24.5 Å². The topological polar surface area (TPSA) is 95.9 Å². The van der Waals surface area contributed by atoms with Crippen LogP contribution in [0.3, 0.4) is 0 Å². The molecule has 0 spiro atoms. The normalized spacial score (nSPS) is 12.7. The molecule has 6 heteroatoms. The molecular weight excluding hydrogens is 851 g/mol. The largest absolute Gasteiger partial charge is 0.466 e. The third kappa shape index (κ3) is 55.5. The number of rotatable bonds is 58. The first-order valence-electron chi connectivity index (χ1n) is 31.1. The second-order valence-corrected chi connectivity index (χ2v) is 21.4. The van der Waals surface area contributed by atoms with E-state index in [1.165, 1.54) is 270 Å². The molecule has 408 valence electrons. The van der Waals surface area contributed by atoms with Crippen molar-refractivity contribution in [3.05, 3.63) is 24.3 Å². The Morgan fingerprint density at radius 2 is 0.696 bits per heavy atom. The maximum Gasteiger partial charge on any atom is 0.305 e. The zero-order valence-corrected chi connectivity index (χ0v) is 46.6. The van der Waals surface area contributed by atoms with E-state index in [-0.39, 0.29) is 18.5 Å². The van der Waals surface area contributed by atoms with Gasteiger partial charge in [-0.15, -0.1) is 0 Å². The number of ether oxygens (including phenoxy) is 1. The lowest BCUT2D eigenvalue weighted by Crippen LogP contribution is -2.45. The summed E-state index contributed by atoms with van der Waals surface area (Å²) in [6, 6.07) is -0.623. The van der Waals surface area contributed by atoms with Crippen LogP contribution in [0.1, 0.15) is 341 Å². The number of allylic oxidation sites excluding steroid dienone is 3. The van der Waals surface area contributed by atoms with E-state index >= 15 is 0 Å². The summed E-state index contributed by atoms with van der Waals surface area (Å²) in [4.78, 5) is 24.4. The summed E-state index contributed by atoms with van der Waals surface area (Å²) >= 11 is 0. The number of nitrogens with one attached hydrogen (secondary N) is 1. The van der Waals surface area contributed by atoms with Crippen LogP contribution in [0.4, 0.5) is 0 Å². The van der Waals surface area contributed by atoms with Gasteiger partial charge in [0.1, 0.15) is 0 Å². The number of aliphatic hydroxyl groups is 2. The molecule has 0 heterocycles. The van der Waals surface area contributed by atoms with Gasteiger partial charge in [-0.3, -0.25) is 9.59 Å². The van der Waals surface area contributed by atoms with Gasteiger partial charge in [0, 0.05) is 12.8 Å². The van der Waals surface area contributed by atoms with Crippen LogP contribution in [0, 0.1) is 0 Å². The van der Waals surface area contributed by atoms with Crippen LogP contribution in [-0.2, 0) is 14.3 Å². The van der Waals surface area contributed by atoms with Crippen molar-refractivity contribution in [1.82, 2.24) is 5.32 Å². The lowest BCUT2D eigenvalue weighted by molar-refractivity contribution is -0.143. The highest BCUT2D eigenvalue weighted by molar-refractivity contribution is 5.76. The molecule has 0 aliphatic rings. The molecule has 69 heavy (non-hydrogen) atoms. The minimum Gasteiger partial charge on any atom is -0.466 e. The molecule has 2 atom stereocenters. The van der Waals surface area contributed by atoms with Crippen LogP contribution in [0.5, 0.6) is 0 Å². The molecule has 0 saturated heterocycles. The number of esters is 1. The first-order valence-corrected chi connectivity index (χ1v) is 31.1. The Hall–Kier alpha value is -1.66. The molecular formula is C63H121NO5. The third-order valence-electron chi connectivity index (χ3n) is 14.5. The summed E-state index contributed by atoms with van der Waals surface area (Å²) in [6.45, 7) is 4.87. The second-order valence-electron chi connectivity index (χ2n) is 21.4. The van der Waals surface area contributed by atoms with Crippen LogP contribution in [0.25, 0.3) is 0 Å². The summed E-state index contributed by atoms with van der Waals surface area (Å²) in [7, 11) is 0. The summed E-state index contributed by atoms with van der Waals surface area (Å²) < 4.78 is 5.46. The van der Waals surface area contributed by atoms with Crippen molar-refractivity contribution in [2.24, 2.45) is 0 Å². The van der Waals surface area contributed by atoms with E-state index in [1.807, 2.05) is 6.08 Å². The van der Waals surface area contributed by atoms with Gasteiger partial charge >= 0.3 is 5.97 Å². The number of hydrogen-bond donors (Lipinski definition) is 3. The monoisotopic (exact) mass is 972 g/mol. The summed E-state index contributed by atoms with van der Waals surface area (Å²) in [5, 5.41) is 23.1. The van der Waals surface area contributed by atoms with E-state index in [1.54, 1.807) is 6.08 Å². The predicted octanol–water partition coefficient (Wildman–Crippen LogP) is 19.4.